The van der Waals surface area contributed by atoms with Crippen molar-refractivity contribution < 1.29 is 4.74 Å². The highest BCUT2D eigenvalue weighted by atomic mass is 16.5. The highest BCUT2D eigenvalue weighted by Crippen LogP contribution is 2.27. The number of likely N-dealkylation sites (N-methyl/N-ethyl adjacent to an activating group) is 1. The summed E-state index contributed by atoms with van der Waals surface area (Å²) in [6.45, 7) is 5.99. The number of nitrogens with one attached hydrogen (secondary N) is 1. The topological polar surface area (TPSA) is 34.1 Å². The third kappa shape index (κ3) is 2.86. The fraction of sp³-hybridized carbons (Fsp3) is 0.500. The standard InChI is InChI=1S/C14H20N2O/c1-3-15-14(12-7-5-9-17-10-12)13-11(2)6-4-8-16-13/h4,6,8,10,14-15H,3,5,7,9H2,1-2H3. The first kappa shape index (κ1) is 12.1. The van der Waals surface area contributed by atoms with Crippen LogP contribution in [-0.2, 0) is 4.74 Å². The predicted molar refractivity (Wildman–Crippen MR) is 68.7 cm³/mol. The summed E-state index contributed by atoms with van der Waals surface area (Å²) >= 11 is 0. The van der Waals surface area contributed by atoms with Gasteiger partial charge in [0.15, 0.2) is 0 Å². The molecule has 1 atom stereocenters. The first-order valence-electron chi connectivity index (χ1n) is 6.28. The van der Waals surface area contributed by atoms with E-state index in [1.54, 1.807) is 0 Å². The number of rotatable bonds is 4. The molecule has 92 valence electrons. The Labute approximate surface area is 103 Å². The molecule has 3 heteroatoms. The normalized spacial score (nSPS) is 17.2. The van der Waals surface area contributed by atoms with E-state index in [1.165, 1.54) is 11.1 Å². The van der Waals surface area contributed by atoms with Gasteiger partial charge in [-0.05, 0) is 43.5 Å². The van der Waals surface area contributed by atoms with Gasteiger partial charge in [-0.1, -0.05) is 13.0 Å². The Hall–Kier alpha value is -1.35. The van der Waals surface area contributed by atoms with Crippen LogP contribution in [0.5, 0.6) is 0 Å². The van der Waals surface area contributed by atoms with Crippen LogP contribution in [0.25, 0.3) is 0 Å². The van der Waals surface area contributed by atoms with Crippen molar-refractivity contribution in [3.05, 3.63) is 41.4 Å². The summed E-state index contributed by atoms with van der Waals surface area (Å²) in [6, 6.07) is 4.28. The molecule has 2 heterocycles. The number of ether oxygens (including phenoxy) is 1. The Morgan fingerprint density at radius 3 is 3.06 bits per heavy atom. The zero-order valence-electron chi connectivity index (χ0n) is 10.6. The maximum Gasteiger partial charge on any atom is 0.0876 e. The molecule has 0 saturated carbocycles. The average Bonchev–Trinajstić information content (AvgIpc) is 2.38. The first-order valence-corrected chi connectivity index (χ1v) is 6.28. The van der Waals surface area contributed by atoms with Crippen molar-refractivity contribution in [3.63, 3.8) is 0 Å². The second-order valence-electron chi connectivity index (χ2n) is 4.36. The molecule has 0 fully saturated rings. The van der Waals surface area contributed by atoms with Crippen LogP contribution in [0.4, 0.5) is 0 Å². The predicted octanol–water partition coefficient (Wildman–Crippen LogP) is 2.73. The molecule has 2 rings (SSSR count). The summed E-state index contributed by atoms with van der Waals surface area (Å²) < 4.78 is 5.44. The van der Waals surface area contributed by atoms with E-state index in [-0.39, 0.29) is 6.04 Å². The minimum absolute atomic E-state index is 0.196. The summed E-state index contributed by atoms with van der Waals surface area (Å²) in [5.41, 5.74) is 3.65. The molecule has 1 unspecified atom stereocenters. The maximum absolute atomic E-state index is 5.44. The molecule has 3 nitrogen and oxygen atoms in total. The zero-order valence-corrected chi connectivity index (χ0v) is 10.6. The largest absolute Gasteiger partial charge is 0.501 e. The van der Waals surface area contributed by atoms with Gasteiger partial charge in [-0.3, -0.25) is 4.98 Å². The minimum Gasteiger partial charge on any atom is -0.501 e. The monoisotopic (exact) mass is 232 g/mol. The van der Waals surface area contributed by atoms with Crippen molar-refractivity contribution in [2.75, 3.05) is 13.2 Å². The molecule has 17 heavy (non-hydrogen) atoms. The van der Waals surface area contributed by atoms with Gasteiger partial charge in [-0.2, -0.15) is 0 Å². The van der Waals surface area contributed by atoms with Crippen LogP contribution in [0.2, 0.25) is 0 Å². The van der Waals surface area contributed by atoms with Crippen LogP contribution in [0.15, 0.2) is 30.2 Å². The maximum atomic E-state index is 5.44. The molecular weight excluding hydrogens is 212 g/mol. The van der Waals surface area contributed by atoms with Crippen LogP contribution in [0.3, 0.4) is 0 Å². The lowest BCUT2D eigenvalue weighted by molar-refractivity contribution is 0.219. The molecule has 0 bridgehead atoms. The number of hydrogen-bond acceptors (Lipinski definition) is 3. The van der Waals surface area contributed by atoms with Crippen molar-refractivity contribution in [3.8, 4) is 0 Å². The summed E-state index contributed by atoms with van der Waals surface area (Å²) in [6.07, 6.45) is 5.95. The second kappa shape index (κ2) is 5.82. The number of hydrogen-bond donors (Lipinski definition) is 1. The van der Waals surface area contributed by atoms with Gasteiger partial charge >= 0.3 is 0 Å². The third-order valence-electron chi connectivity index (χ3n) is 3.06. The van der Waals surface area contributed by atoms with Crippen molar-refractivity contribution in [2.24, 2.45) is 0 Å². The van der Waals surface area contributed by atoms with Gasteiger partial charge in [0.25, 0.3) is 0 Å². The molecule has 0 radical (unpaired) electrons. The molecule has 1 aliphatic heterocycles. The Morgan fingerprint density at radius 1 is 1.53 bits per heavy atom. The van der Waals surface area contributed by atoms with E-state index in [0.717, 1.165) is 31.7 Å². The lowest BCUT2D eigenvalue weighted by Gasteiger charge is -2.24. The van der Waals surface area contributed by atoms with E-state index in [9.17, 15) is 0 Å². The van der Waals surface area contributed by atoms with Crippen LogP contribution in [0.1, 0.15) is 37.1 Å². The highest BCUT2D eigenvalue weighted by molar-refractivity contribution is 5.28. The Balaban J connectivity index is 2.28. The summed E-state index contributed by atoms with van der Waals surface area (Å²) in [5.74, 6) is 0. The number of aromatic nitrogens is 1. The lowest BCUT2D eigenvalue weighted by atomic mass is 9.96. The Morgan fingerprint density at radius 2 is 2.41 bits per heavy atom. The minimum atomic E-state index is 0.196. The van der Waals surface area contributed by atoms with Crippen molar-refractivity contribution in [1.82, 2.24) is 10.3 Å². The van der Waals surface area contributed by atoms with E-state index >= 15 is 0 Å². The smallest absolute Gasteiger partial charge is 0.0876 e. The van der Waals surface area contributed by atoms with Gasteiger partial charge in [0.05, 0.1) is 24.6 Å². The van der Waals surface area contributed by atoms with Crippen molar-refractivity contribution in [1.29, 1.82) is 0 Å². The van der Waals surface area contributed by atoms with E-state index in [2.05, 4.69) is 30.2 Å². The molecule has 1 aromatic heterocycles. The Kier molecular flexibility index (Phi) is 4.15. The van der Waals surface area contributed by atoms with Crippen LogP contribution in [0, 0.1) is 6.92 Å². The van der Waals surface area contributed by atoms with Crippen molar-refractivity contribution in [2.45, 2.75) is 32.7 Å². The van der Waals surface area contributed by atoms with Gasteiger partial charge in [-0.15, -0.1) is 0 Å². The molecule has 0 aliphatic carbocycles. The summed E-state index contributed by atoms with van der Waals surface area (Å²) in [5, 5.41) is 3.50. The molecule has 0 spiro atoms. The van der Waals surface area contributed by atoms with Crippen LogP contribution in [-0.4, -0.2) is 18.1 Å². The third-order valence-corrected chi connectivity index (χ3v) is 3.06. The zero-order chi connectivity index (χ0) is 12.1. The average molecular weight is 232 g/mol. The molecule has 0 amide bonds. The number of nitrogens with zero attached hydrogens (tertiary/aromatic N) is 1. The van der Waals surface area contributed by atoms with Gasteiger partial charge < -0.3 is 10.1 Å². The number of aryl methyl sites for hydroxylation is 1. The second-order valence-corrected chi connectivity index (χ2v) is 4.36. The van der Waals surface area contributed by atoms with Crippen LogP contribution >= 0.6 is 0 Å². The summed E-state index contributed by atoms with van der Waals surface area (Å²) in [7, 11) is 0. The SMILES string of the molecule is CCNC(C1=COCCC1)c1ncccc1C. The molecular formula is C14H20N2O. The lowest BCUT2D eigenvalue weighted by Crippen LogP contribution is -2.26. The molecule has 1 aliphatic rings. The molecule has 0 saturated heterocycles. The fourth-order valence-corrected chi connectivity index (χ4v) is 2.20. The quantitative estimate of drug-likeness (QED) is 0.866. The molecule has 1 aromatic rings. The van der Waals surface area contributed by atoms with Crippen molar-refractivity contribution >= 4 is 0 Å². The molecule has 1 N–H and O–H groups in total. The van der Waals surface area contributed by atoms with Gasteiger partial charge in [0.1, 0.15) is 0 Å². The van der Waals surface area contributed by atoms with Gasteiger partial charge in [-0.25, -0.2) is 0 Å². The number of pyridine rings is 1. The van der Waals surface area contributed by atoms with E-state index < -0.39 is 0 Å². The highest BCUT2D eigenvalue weighted by Gasteiger charge is 2.20. The van der Waals surface area contributed by atoms with E-state index in [0.29, 0.717) is 0 Å². The van der Waals surface area contributed by atoms with Gasteiger partial charge in [0.2, 0.25) is 0 Å². The first-order chi connectivity index (χ1) is 8.33. The Bertz CT molecular complexity index is 401. The van der Waals surface area contributed by atoms with Crippen LogP contribution < -0.4 is 5.32 Å². The summed E-state index contributed by atoms with van der Waals surface area (Å²) in [4.78, 5) is 4.51. The van der Waals surface area contributed by atoms with E-state index in [1.807, 2.05) is 18.5 Å². The van der Waals surface area contributed by atoms with E-state index in [4.69, 9.17) is 4.74 Å². The fourth-order valence-electron chi connectivity index (χ4n) is 2.20. The molecule has 0 aromatic carbocycles. The van der Waals surface area contributed by atoms with Gasteiger partial charge in [0, 0.05) is 6.20 Å².